The number of rotatable bonds is 8. The minimum Gasteiger partial charge on any atom is -0.361 e. The number of benzene rings is 4. The van der Waals surface area contributed by atoms with Crippen LogP contribution in [0.2, 0.25) is 0 Å². The van der Waals surface area contributed by atoms with Gasteiger partial charge in [0, 0.05) is 23.1 Å². The highest BCUT2D eigenvalue weighted by molar-refractivity contribution is 7.80. The molecule has 0 aliphatic heterocycles. The molecule has 8 rings (SSSR count). The summed E-state index contributed by atoms with van der Waals surface area (Å²) in [6.07, 6.45) is 13.3. The zero-order valence-corrected chi connectivity index (χ0v) is 24.5. The number of aryl methyl sites for hydroxylation is 1. The topological polar surface area (TPSA) is 3.24 Å². The molecule has 4 bridgehead atoms. The summed E-state index contributed by atoms with van der Waals surface area (Å²) in [4.78, 5) is 2.92. The number of hydrogen-bond donors (Lipinski definition) is 0. The summed E-state index contributed by atoms with van der Waals surface area (Å²) in [5.41, 5.74) is 4.47. The first-order valence-electron chi connectivity index (χ1n) is 15.2. The molecule has 4 aliphatic rings. The zero-order valence-electron chi connectivity index (χ0n) is 23.6. The van der Waals surface area contributed by atoms with Gasteiger partial charge < -0.3 is 4.90 Å². The third-order valence-electron chi connectivity index (χ3n) is 9.73. The van der Waals surface area contributed by atoms with E-state index in [2.05, 4.69) is 133 Å². The molecule has 0 saturated heterocycles. The summed E-state index contributed by atoms with van der Waals surface area (Å²) in [6, 6.07) is 40.4. The van der Waals surface area contributed by atoms with Crippen LogP contribution in [0.1, 0.15) is 49.7 Å². The third kappa shape index (κ3) is 4.95. The van der Waals surface area contributed by atoms with E-state index in [1.807, 2.05) is 0 Å². The largest absolute Gasteiger partial charge is 0.361 e. The van der Waals surface area contributed by atoms with Crippen LogP contribution in [0.3, 0.4) is 0 Å². The Kier molecular flexibility index (Phi) is 7.11. The van der Waals surface area contributed by atoms with Crippen LogP contribution in [0.25, 0.3) is 6.08 Å². The Labute approximate surface area is 241 Å². The highest BCUT2D eigenvalue weighted by Crippen LogP contribution is 2.59. The second-order valence-electron chi connectivity index (χ2n) is 12.5. The summed E-state index contributed by atoms with van der Waals surface area (Å²) < 4.78 is 0. The van der Waals surface area contributed by atoms with Crippen molar-refractivity contribution in [3.63, 3.8) is 0 Å². The Morgan fingerprint density at radius 3 is 1.75 bits per heavy atom. The van der Waals surface area contributed by atoms with Gasteiger partial charge in [0.15, 0.2) is 0 Å². The minimum absolute atomic E-state index is 0.269. The zero-order chi connectivity index (χ0) is 26.9. The quantitative estimate of drug-likeness (QED) is 0.203. The molecule has 0 atom stereocenters. The minimum atomic E-state index is -0.681. The van der Waals surface area contributed by atoms with Gasteiger partial charge in [0.25, 0.3) is 0 Å². The molecule has 0 aromatic heterocycles. The molecule has 4 aromatic rings. The molecule has 4 fully saturated rings. The van der Waals surface area contributed by atoms with Gasteiger partial charge in [-0.3, -0.25) is 0 Å². The maximum absolute atomic E-state index is 2.92. The normalized spacial score (nSPS) is 25.1. The molecule has 4 aliphatic carbocycles. The van der Waals surface area contributed by atoms with Gasteiger partial charge in [-0.05, 0) is 92.9 Å². The SMILES string of the molecule is Cc1cccc(P(c2ccccc2)c2ccccc2)c1N(C/C=C/c1ccccc1)C12CC3CC(CC(C3)C1)C2. The number of anilines is 1. The van der Waals surface area contributed by atoms with Gasteiger partial charge in [0.2, 0.25) is 0 Å². The van der Waals surface area contributed by atoms with Crippen molar-refractivity contribution in [2.45, 2.75) is 51.0 Å². The van der Waals surface area contributed by atoms with Crippen LogP contribution in [0.4, 0.5) is 5.69 Å². The van der Waals surface area contributed by atoms with Gasteiger partial charge in [-0.2, -0.15) is 0 Å². The van der Waals surface area contributed by atoms with Crippen LogP contribution in [0.15, 0.2) is 115 Å². The lowest BCUT2D eigenvalue weighted by Crippen LogP contribution is -2.61. The van der Waals surface area contributed by atoms with E-state index >= 15 is 0 Å². The van der Waals surface area contributed by atoms with E-state index in [1.54, 1.807) is 0 Å². The van der Waals surface area contributed by atoms with Gasteiger partial charge >= 0.3 is 0 Å². The highest BCUT2D eigenvalue weighted by atomic mass is 31.1. The molecule has 1 nitrogen and oxygen atoms in total. The summed E-state index contributed by atoms with van der Waals surface area (Å²) in [5.74, 6) is 2.72. The van der Waals surface area contributed by atoms with Crippen molar-refractivity contribution in [1.29, 1.82) is 0 Å². The number of hydrogen-bond acceptors (Lipinski definition) is 1. The lowest BCUT2D eigenvalue weighted by Gasteiger charge is -2.61. The van der Waals surface area contributed by atoms with E-state index in [-0.39, 0.29) is 5.54 Å². The fraction of sp³-hybridized carbons (Fsp3) is 0.316. The molecule has 4 aromatic carbocycles. The summed E-state index contributed by atoms with van der Waals surface area (Å²) in [6.45, 7) is 3.32. The molecule has 0 heterocycles. The van der Waals surface area contributed by atoms with E-state index in [4.69, 9.17) is 0 Å². The van der Waals surface area contributed by atoms with Crippen molar-refractivity contribution in [3.05, 3.63) is 126 Å². The van der Waals surface area contributed by atoms with Crippen LogP contribution in [0, 0.1) is 24.7 Å². The second kappa shape index (κ2) is 11.0. The van der Waals surface area contributed by atoms with E-state index in [9.17, 15) is 0 Å². The van der Waals surface area contributed by atoms with Crippen molar-refractivity contribution in [2.24, 2.45) is 17.8 Å². The standard InChI is InChI=1S/C38H40NP/c1-29-13-11-21-36(40(34-17-7-3-8-18-34)35-19-9-4-10-20-35)37(29)39(22-12-16-30-14-5-2-6-15-30)38-26-31-23-32(27-38)25-33(24-31)28-38/h2-21,31-33H,22-28H2,1H3/b16-12+. The molecule has 0 spiro atoms. The van der Waals surface area contributed by atoms with E-state index in [1.165, 1.54) is 71.3 Å². The fourth-order valence-corrected chi connectivity index (χ4v) is 11.1. The van der Waals surface area contributed by atoms with Crippen LogP contribution in [-0.2, 0) is 0 Å². The lowest BCUT2D eigenvalue weighted by molar-refractivity contribution is -0.00330. The van der Waals surface area contributed by atoms with Gasteiger partial charge in [0.05, 0.1) is 0 Å². The molecule has 2 heteroatoms. The van der Waals surface area contributed by atoms with Crippen molar-refractivity contribution >= 4 is 35.6 Å². The molecule has 0 N–H and O–H groups in total. The lowest BCUT2D eigenvalue weighted by atomic mass is 9.52. The van der Waals surface area contributed by atoms with E-state index < -0.39 is 7.92 Å². The maximum atomic E-state index is 2.92. The molecule has 4 saturated carbocycles. The first-order valence-corrected chi connectivity index (χ1v) is 16.5. The summed E-state index contributed by atoms with van der Waals surface area (Å²) in [7, 11) is -0.681. The highest BCUT2D eigenvalue weighted by Gasteiger charge is 2.54. The van der Waals surface area contributed by atoms with Crippen molar-refractivity contribution in [1.82, 2.24) is 0 Å². The van der Waals surface area contributed by atoms with Gasteiger partial charge in [-0.25, -0.2) is 0 Å². The van der Waals surface area contributed by atoms with Crippen LogP contribution < -0.4 is 20.8 Å². The van der Waals surface area contributed by atoms with Crippen molar-refractivity contribution < 1.29 is 0 Å². The number of nitrogens with zero attached hydrogens (tertiary/aromatic N) is 1. The third-order valence-corrected chi connectivity index (χ3v) is 12.2. The average Bonchev–Trinajstić information content (AvgIpc) is 2.97. The van der Waals surface area contributed by atoms with Gasteiger partial charge in [-0.15, -0.1) is 0 Å². The van der Waals surface area contributed by atoms with Crippen molar-refractivity contribution in [2.75, 3.05) is 11.4 Å². The maximum Gasteiger partial charge on any atom is 0.0488 e. The van der Waals surface area contributed by atoms with E-state index in [0.29, 0.717) is 0 Å². The Hall–Kier alpha value is -3.15. The Morgan fingerprint density at radius 2 is 1.20 bits per heavy atom. The monoisotopic (exact) mass is 541 g/mol. The van der Waals surface area contributed by atoms with Gasteiger partial charge in [0.1, 0.15) is 0 Å². The molecule has 0 amide bonds. The van der Waals surface area contributed by atoms with Crippen LogP contribution >= 0.6 is 7.92 Å². The Morgan fingerprint density at radius 1 is 0.675 bits per heavy atom. The molecular formula is C38H40NP. The van der Waals surface area contributed by atoms with E-state index in [0.717, 1.165) is 24.3 Å². The predicted molar refractivity (Wildman–Crippen MR) is 174 cm³/mol. The molecule has 0 radical (unpaired) electrons. The average molecular weight is 542 g/mol. The van der Waals surface area contributed by atoms with Gasteiger partial charge in [-0.1, -0.05) is 121 Å². The first kappa shape index (κ1) is 25.8. The molecule has 202 valence electrons. The Balaban J connectivity index is 1.38. The summed E-state index contributed by atoms with van der Waals surface area (Å²) in [5, 5.41) is 4.37. The predicted octanol–water partition coefficient (Wildman–Crippen LogP) is 8.24. The van der Waals surface area contributed by atoms with Crippen LogP contribution in [0.5, 0.6) is 0 Å². The van der Waals surface area contributed by atoms with Crippen molar-refractivity contribution in [3.8, 4) is 0 Å². The summed E-state index contributed by atoms with van der Waals surface area (Å²) >= 11 is 0. The molecule has 40 heavy (non-hydrogen) atoms. The second-order valence-corrected chi connectivity index (χ2v) is 14.7. The smallest absolute Gasteiger partial charge is 0.0488 e. The van der Waals surface area contributed by atoms with Crippen LogP contribution in [-0.4, -0.2) is 12.1 Å². The molecular weight excluding hydrogens is 501 g/mol. The first-order chi connectivity index (χ1) is 19.7. The number of para-hydroxylation sites is 1. The fourth-order valence-electron chi connectivity index (χ4n) is 8.53. The molecule has 0 unspecified atom stereocenters. The Bertz CT molecular complexity index is 1380.